The molecule has 0 aliphatic rings. The summed E-state index contributed by atoms with van der Waals surface area (Å²) in [5, 5.41) is 9.79. The summed E-state index contributed by atoms with van der Waals surface area (Å²) in [6, 6.07) is 0. The van der Waals surface area contributed by atoms with Gasteiger partial charge in [0, 0.05) is 13.5 Å². The Balaban J connectivity index is 4.33. The molecular weight excluding hydrogens is 257 g/mol. The molecule has 0 bridgehead atoms. The van der Waals surface area contributed by atoms with E-state index in [1.54, 1.807) is 27.7 Å². The number of rotatable bonds is 8. The van der Waals surface area contributed by atoms with Crippen molar-refractivity contribution in [3.8, 4) is 0 Å². The van der Waals surface area contributed by atoms with E-state index < -0.39 is 13.5 Å². The molecule has 0 fully saturated rings. The zero-order valence-corrected chi connectivity index (χ0v) is 12.6. The molecule has 1 amide bonds. The number of hydrogen-bond acceptors (Lipinski definition) is 5. The van der Waals surface area contributed by atoms with E-state index >= 15 is 0 Å². The molecule has 0 aliphatic heterocycles. The highest BCUT2D eigenvalue weighted by Gasteiger charge is 2.27. The van der Waals surface area contributed by atoms with Gasteiger partial charge in [0.25, 0.3) is 0 Å². The molecule has 0 unspecified atom stereocenters. The van der Waals surface area contributed by atoms with Crippen LogP contribution in [0, 0.1) is 0 Å². The number of amides is 1. The Morgan fingerprint density at radius 1 is 1.22 bits per heavy atom. The van der Waals surface area contributed by atoms with Crippen molar-refractivity contribution in [1.29, 1.82) is 0 Å². The molecule has 0 heterocycles. The van der Waals surface area contributed by atoms with Crippen molar-refractivity contribution in [2.45, 2.75) is 53.2 Å². The number of carbonyl (C=O) groups excluding carboxylic acids is 1. The van der Waals surface area contributed by atoms with Crippen LogP contribution < -0.4 is 0 Å². The van der Waals surface area contributed by atoms with Gasteiger partial charge in [0.15, 0.2) is 0 Å². The van der Waals surface area contributed by atoms with Crippen molar-refractivity contribution in [3.63, 3.8) is 0 Å². The Hall–Kier alpha value is -0.420. The first-order valence-corrected chi connectivity index (χ1v) is 7.82. The van der Waals surface area contributed by atoms with Crippen LogP contribution in [0.3, 0.4) is 0 Å². The minimum Gasteiger partial charge on any atom is -0.306 e. The Bertz CT molecular complexity index is 292. The average molecular weight is 281 g/mol. The van der Waals surface area contributed by atoms with Gasteiger partial charge in [-0.1, -0.05) is 0 Å². The van der Waals surface area contributed by atoms with Crippen molar-refractivity contribution in [2.75, 3.05) is 12.7 Å². The second-order valence-corrected chi connectivity index (χ2v) is 6.73. The predicted octanol–water partition coefficient (Wildman–Crippen LogP) is 2.66. The van der Waals surface area contributed by atoms with Gasteiger partial charge in [-0.05, 0) is 34.1 Å². The summed E-state index contributed by atoms with van der Waals surface area (Å²) in [7, 11) is -3.17. The Labute approximate surface area is 109 Å². The number of hydrogen-bond donors (Lipinski definition) is 1. The molecule has 0 spiro atoms. The summed E-state index contributed by atoms with van der Waals surface area (Å²) in [4.78, 5) is 10.8. The molecule has 0 saturated carbocycles. The molecule has 0 atom stereocenters. The van der Waals surface area contributed by atoms with Gasteiger partial charge in [-0.15, -0.1) is 0 Å². The largest absolute Gasteiger partial charge is 0.331 e. The predicted molar refractivity (Wildman–Crippen MR) is 68.7 cm³/mol. The molecule has 7 heteroatoms. The van der Waals surface area contributed by atoms with Gasteiger partial charge in [0.2, 0.25) is 5.91 Å². The summed E-state index contributed by atoms with van der Waals surface area (Å²) in [6.45, 7) is 8.50. The summed E-state index contributed by atoms with van der Waals surface area (Å²) in [5.74, 6) is -0.445. The lowest BCUT2D eigenvalue weighted by molar-refractivity contribution is -0.162. The van der Waals surface area contributed by atoms with E-state index in [0.29, 0.717) is 11.5 Å². The normalized spacial score (nSPS) is 12.2. The fourth-order valence-corrected chi connectivity index (χ4v) is 3.42. The minimum atomic E-state index is -3.17. The fourth-order valence-electron chi connectivity index (χ4n) is 1.34. The highest BCUT2D eigenvalue weighted by Crippen LogP contribution is 2.50. The molecule has 0 aliphatic carbocycles. The molecule has 0 aromatic heterocycles. The van der Waals surface area contributed by atoms with Gasteiger partial charge >= 0.3 is 7.60 Å². The Morgan fingerprint density at radius 3 is 2.00 bits per heavy atom. The quantitative estimate of drug-likeness (QED) is 0.420. The first kappa shape index (κ1) is 17.6. The van der Waals surface area contributed by atoms with E-state index in [2.05, 4.69) is 0 Å². The minimum absolute atomic E-state index is 0.113. The van der Waals surface area contributed by atoms with Crippen molar-refractivity contribution >= 4 is 13.5 Å². The smallest absolute Gasteiger partial charge is 0.306 e. The average Bonchev–Trinajstić information content (AvgIpc) is 2.13. The first-order valence-electron chi connectivity index (χ1n) is 6.09. The zero-order chi connectivity index (χ0) is 14.3. The van der Waals surface area contributed by atoms with Crippen molar-refractivity contribution in [2.24, 2.45) is 0 Å². The van der Waals surface area contributed by atoms with Crippen LogP contribution in [-0.4, -0.2) is 41.1 Å². The molecular formula is C11H24NO5P. The van der Waals surface area contributed by atoms with E-state index in [0.717, 1.165) is 0 Å². The van der Waals surface area contributed by atoms with Crippen LogP contribution in [0.4, 0.5) is 0 Å². The maximum absolute atomic E-state index is 12.4. The molecule has 1 N–H and O–H groups in total. The van der Waals surface area contributed by atoms with Crippen LogP contribution >= 0.6 is 7.60 Å². The van der Waals surface area contributed by atoms with Crippen molar-refractivity contribution in [1.82, 2.24) is 5.06 Å². The highest BCUT2D eigenvalue weighted by molar-refractivity contribution is 7.53. The standard InChI is InChI=1S/C11H24NO5P/c1-9(2)16-18(15,17-10(3)4)8-6-7-12(14)11(5)13/h9-10,14H,6-8H2,1-5H3. The van der Waals surface area contributed by atoms with E-state index in [4.69, 9.17) is 9.05 Å². The Morgan fingerprint density at radius 2 is 1.67 bits per heavy atom. The SMILES string of the molecule is CC(=O)N(O)CCCP(=O)(OC(C)C)OC(C)C. The molecule has 0 aromatic rings. The third-order valence-electron chi connectivity index (χ3n) is 1.91. The van der Waals surface area contributed by atoms with Crippen molar-refractivity contribution < 1.29 is 23.6 Å². The van der Waals surface area contributed by atoms with Gasteiger partial charge in [-0.25, -0.2) is 5.06 Å². The van der Waals surface area contributed by atoms with Gasteiger partial charge < -0.3 is 9.05 Å². The molecule has 6 nitrogen and oxygen atoms in total. The zero-order valence-electron chi connectivity index (χ0n) is 11.8. The molecule has 0 aromatic carbocycles. The summed E-state index contributed by atoms with van der Waals surface area (Å²) in [5.41, 5.74) is 0. The third-order valence-corrected chi connectivity index (χ3v) is 4.26. The number of nitrogens with zero attached hydrogens (tertiary/aromatic N) is 1. The number of hydroxylamine groups is 2. The van der Waals surface area contributed by atoms with E-state index in [-0.39, 0.29) is 24.9 Å². The van der Waals surface area contributed by atoms with Crippen LogP contribution in [0.25, 0.3) is 0 Å². The molecule has 0 rings (SSSR count). The molecule has 18 heavy (non-hydrogen) atoms. The van der Waals surface area contributed by atoms with Gasteiger partial charge in [-0.3, -0.25) is 14.6 Å². The lowest BCUT2D eigenvalue weighted by Crippen LogP contribution is -2.26. The Kier molecular flexibility index (Phi) is 7.71. The first-order chi connectivity index (χ1) is 8.16. The van der Waals surface area contributed by atoms with Gasteiger partial charge in [0.1, 0.15) is 0 Å². The molecule has 108 valence electrons. The van der Waals surface area contributed by atoms with Crippen LogP contribution in [0.2, 0.25) is 0 Å². The lowest BCUT2D eigenvalue weighted by Gasteiger charge is -2.23. The van der Waals surface area contributed by atoms with Crippen molar-refractivity contribution in [3.05, 3.63) is 0 Å². The van der Waals surface area contributed by atoms with Crippen LogP contribution in [-0.2, 0) is 18.4 Å². The van der Waals surface area contributed by atoms with Crippen LogP contribution in [0.15, 0.2) is 0 Å². The second-order valence-electron chi connectivity index (χ2n) is 4.64. The second kappa shape index (κ2) is 7.89. The van der Waals surface area contributed by atoms with Crippen LogP contribution in [0.5, 0.6) is 0 Å². The van der Waals surface area contributed by atoms with Crippen LogP contribution in [0.1, 0.15) is 41.0 Å². The molecule has 0 radical (unpaired) electrons. The van der Waals surface area contributed by atoms with E-state index in [1.807, 2.05) is 0 Å². The maximum atomic E-state index is 12.4. The summed E-state index contributed by atoms with van der Waals surface area (Å²) >= 11 is 0. The monoisotopic (exact) mass is 281 g/mol. The maximum Gasteiger partial charge on any atom is 0.331 e. The summed E-state index contributed by atoms with van der Waals surface area (Å²) < 4.78 is 23.0. The van der Waals surface area contributed by atoms with Gasteiger partial charge in [0.05, 0.1) is 18.4 Å². The van der Waals surface area contributed by atoms with E-state index in [9.17, 15) is 14.6 Å². The highest BCUT2D eigenvalue weighted by atomic mass is 31.2. The fraction of sp³-hybridized carbons (Fsp3) is 0.909. The third kappa shape index (κ3) is 7.82. The summed E-state index contributed by atoms with van der Waals surface area (Å²) in [6.07, 6.45) is 0.126. The van der Waals surface area contributed by atoms with E-state index in [1.165, 1.54) is 6.92 Å². The van der Waals surface area contributed by atoms with Gasteiger partial charge in [-0.2, -0.15) is 0 Å². The topological polar surface area (TPSA) is 76.1 Å². The molecule has 0 saturated heterocycles. The number of carbonyl (C=O) groups is 1. The lowest BCUT2D eigenvalue weighted by atomic mass is 10.4.